The number of carbonyl (C=O) groups excluding carboxylic acids is 2. The molecule has 0 radical (unpaired) electrons. The van der Waals surface area contributed by atoms with Gasteiger partial charge in [0.25, 0.3) is 50.1 Å². The normalized spacial score (nSPS) is 17.4. The number of nitrogens with zero attached hydrogens (tertiary/aromatic N) is 5. The molecule has 754 valence electrons. The molecule has 5 aliphatic heterocycles. The van der Waals surface area contributed by atoms with Crippen LogP contribution in [0.4, 0.5) is 28.4 Å². The molecule has 5 unspecified atom stereocenters. The van der Waals surface area contributed by atoms with E-state index in [1.165, 1.54) is 21.5 Å². The zero-order valence-corrected chi connectivity index (χ0v) is 85.4. The molecule has 6 N–H and O–H groups in total. The predicted octanol–water partition coefficient (Wildman–Crippen LogP) is 18.2. The highest BCUT2D eigenvalue weighted by Crippen LogP contribution is 2.47. The Balaban J connectivity index is 0.000000194. The van der Waals surface area contributed by atoms with Crippen molar-refractivity contribution in [2.45, 2.75) is 208 Å². The van der Waals surface area contributed by atoms with Crippen LogP contribution in [0.25, 0.3) is 0 Å². The fourth-order valence-electron chi connectivity index (χ4n) is 18.1. The molecule has 0 fully saturated rings. The van der Waals surface area contributed by atoms with E-state index in [0.29, 0.717) is 87.4 Å². The molecule has 0 aliphatic carbocycles. The van der Waals surface area contributed by atoms with Gasteiger partial charge in [-0.3, -0.25) is 31.1 Å². The zero-order valence-electron chi connectivity index (χ0n) is 81.3. The number of ether oxygens (including phenoxy) is 4. The Kier molecular flexibility index (Phi) is 41.8. The van der Waals surface area contributed by atoms with Crippen LogP contribution in [0.15, 0.2) is 237 Å². The Morgan fingerprint density at radius 3 is 0.871 bits per heavy atom. The van der Waals surface area contributed by atoms with E-state index in [1.54, 1.807) is 91.9 Å². The molecular formula is C107H144N10O17S5. The van der Waals surface area contributed by atoms with Crippen LogP contribution < -0.4 is 48.1 Å². The van der Waals surface area contributed by atoms with Crippen molar-refractivity contribution in [3.8, 4) is 0 Å². The summed E-state index contributed by atoms with van der Waals surface area (Å²) in [6.45, 7) is 19.3. The summed E-state index contributed by atoms with van der Waals surface area (Å²) < 4.78 is 159. The molecule has 5 aliphatic rings. The van der Waals surface area contributed by atoms with Crippen molar-refractivity contribution in [3.05, 3.63) is 296 Å². The number of aliphatic hydroxyl groups is 1. The highest BCUT2D eigenvalue weighted by atomic mass is 32.2. The van der Waals surface area contributed by atoms with Crippen molar-refractivity contribution in [2.75, 3.05) is 137 Å². The number of methoxy groups -OCH3 is 2. The van der Waals surface area contributed by atoms with Crippen LogP contribution in [0, 0.1) is 34.6 Å². The molecule has 15 rings (SSSR count). The first-order valence-electron chi connectivity index (χ1n) is 47.1. The van der Waals surface area contributed by atoms with Gasteiger partial charge in [0.15, 0.2) is 0 Å². The molecule has 5 atom stereocenters. The molecule has 5 heterocycles. The molecule has 0 bridgehead atoms. The first-order valence-corrected chi connectivity index (χ1v) is 54.3. The Hall–Kier alpha value is -10.4. The SMILES string of the molecule is C.C.CCOC(=O)CCCCCCNC1c2ccccc2N(C)S(=O)(=O)c2cc(C)ccc21.CCOC(=O)CCCCCCNC1c2ccccc2S(=O)(=O)N(C)c2c(C)cccc21.COCCCNC1c2ccccc2N(C)S(=O)(=O)c2cc(C)ccc21.COCCCNC1c2ccccc2S(=O)(=O)N(C)c2c(C)cccc21.Cc1ccc2c(c1)S(=O)(=O)N(C)c1ccccc1C2NCCCCO. The number of nitrogens with one attached hydrogen (secondary N) is 5. The standard InChI is InChI=1S/2C24H32N2O4S.3C19H24N2O3S.2CH4/c1-4-30-22(27)16-7-5-6-10-17-25-23-19-13-8-9-15-21(19)31(28,29)26(3)24-18(2)12-11-14-20(23)24;1-4-30-23(27)13-7-5-6-10-16-25-24-19-11-8-9-12-21(19)26(3)31(28,29)22-17-18(2)14-15-20(22)24;1-14-8-6-10-16-18(20-12-7-13-24-3)15-9-4-5-11-17(15)25(22,23)21(2)19(14)16;1-14-9-10-16-18(13-14)25(22,23)21(2)17-8-5-4-7-15(17)19(16)20-11-6-12-24-3;1-14-9-10-16-18(13-14)25(23,24)21(2)17-8-4-3-7-15(17)19(16)20-11-5-6-12-22;;/h8-9,11-15,23,25H,4-7,10,16-17H2,1-3H3;8-9,11-12,14-15,17,24-25H,4-7,10,13,16H2,1-3H3;4-6,8-11,18,20H,7,12-13H2,1-3H3;4-5,7-10,13,19-20H,6,11-12H2,1-3H3;3-4,7-10,13,19-20,22H,5-6,11-12H2,1-2H3;2*1H4. The lowest BCUT2D eigenvalue weighted by Crippen LogP contribution is -2.27. The van der Waals surface area contributed by atoms with E-state index in [1.807, 2.05) is 218 Å². The third kappa shape index (κ3) is 26.5. The van der Waals surface area contributed by atoms with E-state index in [9.17, 15) is 51.7 Å². The number of rotatable bonds is 33. The maximum absolute atomic E-state index is 13.3. The maximum Gasteiger partial charge on any atom is 0.305 e. The number of aliphatic hydroxyl groups excluding tert-OH is 1. The summed E-state index contributed by atoms with van der Waals surface area (Å²) >= 11 is 0. The van der Waals surface area contributed by atoms with Gasteiger partial charge in [-0.1, -0.05) is 204 Å². The molecule has 10 aromatic carbocycles. The van der Waals surface area contributed by atoms with E-state index in [2.05, 4.69) is 26.6 Å². The second-order valence-corrected chi connectivity index (χ2v) is 44.5. The van der Waals surface area contributed by atoms with Gasteiger partial charge in [0.05, 0.1) is 96.3 Å². The molecule has 10 aromatic rings. The summed E-state index contributed by atoms with van der Waals surface area (Å²) in [6, 6.07) is 65.2. The number of fused-ring (bicyclic) bond motifs is 10. The van der Waals surface area contributed by atoms with Gasteiger partial charge in [0.1, 0.15) is 0 Å². The summed E-state index contributed by atoms with van der Waals surface area (Å²) in [4.78, 5) is 24.6. The second kappa shape index (κ2) is 51.8. The molecular weight excluding hydrogens is 1860 g/mol. The van der Waals surface area contributed by atoms with Gasteiger partial charge in [0.2, 0.25) is 0 Å². The summed E-state index contributed by atoms with van der Waals surface area (Å²) in [7, 11) is -6.59. The molecule has 139 heavy (non-hydrogen) atoms. The number of unbranched alkanes of at least 4 members (excludes halogenated alkanes) is 7. The van der Waals surface area contributed by atoms with Crippen LogP contribution in [0.5, 0.6) is 0 Å². The molecule has 27 nitrogen and oxygen atoms in total. The highest BCUT2D eigenvalue weighted by molar-refractivity contribution is 7.94. The largest absolute Gasteiger partial charge is 0.466 e. The second-order valence-electron chi connectivity index (χ2n) is 34.8. The smallest absolute Gasteiger partial charge is 0.305 e. The van der Waals surface area contributed by atoms with Gasteiger partial charge in [-0.05, 0) is 265 Å². The number of hydrogen-bond donors (Lipinski definition) is 6. The summed E-state index contributed by atoms with van der Waals surface area (Å²) in [5.41, 5.74) is 17.0. The van der Waals surface area contributed by atoms with Gasteiger partial charge < -0.3 is 50.6 Å². The number of benzene rings is 10. The van der Waals surface area contributed by atoms with E-state index in [0.717, 1.165) is 198 Å². The van der Waals surface area contributed by atoms with Gasteiger partial charge in [-0.15, -0.1) is 0 Å². The minimum atomic E-state index is -3.63. The van der Waals surface area contributed by atoms with Crippen LogP contribution in [-0.4, -0.2) is 174 Å². The number of esters is 2. The molecule has 0 aromatic heterocycles. The Morgan fingerprint density at radius 1 is 0.302 bits per heavy atom. The van der Waals surface area contributed by atoms with Gasteiger partial charge >= 0.3 is 11.9 Å². The third-order valence-electron chi connectivity index (χ3n) is 25.2. The summed E-state index contributed by atoms with van der Waals surface area (Å²) in [5.74, 6) is -0.263. The van der Waals surface area contributed by atoms with Crippen LogP contribution in [0.1, 0.15) is 232 Å². The number of para-hydroxylation sites is 5. The number of anilines is 5. The quantitative estimate of drug-likeness (QED) is 0.0164. The van der Waals surface area contributed by atoms with E-state index >= 15 is 0 Å². The van der Waals surface area contributed by atoms with Crippen molar-refractivity contribution in [3.63, 3.8) is 0 Å². The van der Waals surface area contributed by atoms with Crippen molar-refractivity contribution < 1.29 is 75.7 Å². The molecule has 0 spiro atoms. The number of aryl methyl sites for hydroxylation is 5. The molecule has 0 saturated carbocycles. The summed E-state index contributed by atoms with van der Waals surface area (Å²) in [6.07, 6.45) is 11.7. The lowest BCUT2D eigenvalue weighted by Gasteiger charge is -2.24. The fraction of sp³-hybridized carbons (Fsp3) is 0.421. The van der Waals surface area contributed by atoms with Crippen molar-refractivity contribution >= 4 is 90.5 Å². The number of hydrogen-bond acceptors (Lipinski definition) is 22. The van der Waals surface area contributed by atoms with Crippen LogP contribution >= 0.6 is 0 Å². The molecule has 32 heteroatoms. The summed E-state index contributed by atoms with van der Waals surface area (Å²) in [5, 5.41) is 26.7. The van der Waals surface area contributed by atoms with E-state index < -0.39 is 50.1 Å². The Morgan fingerprint density at radius 2 is 0.561 bits per heavy atom. The minimum absolute atomic E-state index is 0. The maximum atomic E-state index is 13.3. The Labute approximate surface area is 827 Å². The van der Waals surface area contributed by atoms with E-state index in [4.69, 9.17) is 24.1 Å². The lowest BCUT2D eigenvalue weighted by molar-refractivity contribution is -0.144. The number of sulfonamides is 5. The Bertz CT molecular complexity index is 6260. The first-order chi connectivity index (χ1) is 65.6. The molecule has 0 amide bonds. The van der Waals surface area contributed by atoms with Crippen molar-refractivity contribution in [1.29, 1.82) is 0 Å². The number of carbonyl (C=O) groups is 2. The topological polar surface area (TPSA) is 338 Å². The average molecular weight is 2000 g/mol. The van der Waals surface area contributed by atoms with Gasteiger partial charge in [-0.2, -0.15) is 0 Å². The third-order valence-corrected chi connectivity index (χ3v) is 34.4. The highest BCUT2D eigenvalue weighted by Gasteiger charge is 2.41. The van der Waals surface area contributed by atoms with Crippen LogP contribution in [-0.2, 0) is 78.7 Å². The predicted molar refractivity (Wildman–Crippen MR) is 557 cm³/mol. The van der Waals surface area contributed by atoms with Gasteiger partial charge in [-0.25, -0.2) is 42.1 Å². The van der Waals surface area contributed by atoms with E-state index in [-0.39, 0.29) is 63.6 Å². The van der Waals surface area contributed by atoms with Crippen LogP contribution in [0.3, 0.4) is 0 Å². The van der Waals surface area contributed by atoms with Gasteiger partial charge in [0, 0.05) is 82.1 Å². The fourth-order valence-corrected chi connectivity index (χ4v) is 25.8. The van der Waals surface area contributed by atoms with Crippen LogP contribution in [0.2, 0.25) is 0 Å². The average Bonchev–Trinajstić information content (AvgIpc) is 1.60. The monoisotopic (exact) mass is 2000 g/mol. The van der Waals surface area contributed by atoms with Crippen molar-refractivity contribution in [2.24, 2.45) is 0 Å². The van der Waals surface area contributed by atoms with Crippen molar-refractivity contribution in [1.82, 2.24) is 26.6 Å². The first kappa shape index (κ1) is 112. The molecule has 0 saturated heterocycles. The zero-order chi connectivity index (χ0) is 98.9. The minimum Gasteiger partial charge on any atom is -0.466 e. The lowest BCUT2D eigenvalue weighted by atomic mass is 9.95.